The van der Waals surface area contributed by atoms with Crippen molar-refractivity contribution in [1.82, 2.24) is 5.32 Å². The fourth-order valence-corrected chi connectivity index (χ4v) is 4.03. The van der Waals surface area contributed by atoms with Crippen molar-refractivity contribution in [2.24, 2.45) is 5.73 Å². The molecular formula is C27H33F5N2O7S2. The average molecular weight is 657 g/mol. The molecule has 240 valence electrons. The van der Waals surface area contributed by atoms with Gasteiger partial charge in [0.25, 0.3) is 20.2 Å². The van der Waals surface area contributed by atoms with Crippen LogP contribution in [0.2, 0.25) is 0 Å². The molecule has 0 saturated heterocycles. The number of aliphatic hydroxyl groups excluding tert-OH is 1. The first-order valence-electron chi connectivity index (χ1n) is 12.3. The van der Waals surface area contributed by atoms with E-state index in [1.54, 1.807) is 54.6 Å². The molecule has 0 bridgehead atoms. The molecule has 0 fully saturated rings. The van der Waals surface area contributed by atoms with E-state index in [4.69, 9.17) is 14.8 Å². The minimum atomic E-state index is -5.61. The number of nitrogens with two attached hydrogens (primary N) is 1. The van der Waals surface area contributed by atoms with Crippen molar-refractivity contribution in [3.8, 4) is 0 Å². The van der Waals surface area contributed by atoms with Crippen molar-refractivity contribution < 1.29 is 53.0 Å². The molecule has 3 aromatic carbocycles. The van der Waals surface area contributed by atoms with Gasteiger partial charge in [0.1, 0.15) is 0 Å². The summed E-state index contributed by atoms with van der Waals surface area (Å²) in [7, 11) is -8.04. The fourth-order valence-electron chi connectivity index (χ4n) is 3.07. The van der Waals surface area contributed by atoms with E-state index < -0.39 is 57.6 Å². The second kappa shape index (κ2) is 16.2. The summed E-state index contributed by atoms with van der Waals surface area (Å²) in [6.45, 7) is 1.65. The first-order chi connectivity index (χ1) is 19.6. The van der Waals surface area contributed by atoms with Gasteiger partial charge in [-0.15, -0.1) is 0 Å². The Hall–Kier alpha value is -2.99. The topological polar surface area (TPSA) is 167 Å². The zero-order valence-electron chi connectivity index (χ0n) is 23.0. The zero-order chi connectivity index (χ0) is 33.1. The van der Waals surface area contributed by atoms with Crippen LogP contribution in [0, 0.1) is 13.8 Å². The van der Waals surface area contributed by atoms with Crippen molar-refractivity contribution in [1.29, 1.82) is 0 Å². The molecule has 0 aliphatic heterocycles. The van der Waals surface area contributed by atoms with E-state index in [-0.39, 0.29) is 9.79 Å². The summed E-state index contributed by atoms with van der Waals surface area (Å²) in [5.41, 5.74) is 8.43. The Bertz CT molecular complexity index is 1400. The molecule has 0 saturated carbocycles. The highest BCUT2D eigenvalue weighted by molar-refractivity contribution is 7.86. The van der Waals surface area contributed by atoms with Crippen LogP contribution < -0.4 is 11.1 Å². The molecule has 0 spiro atoms. The Kier molecular flexibility index (Phi) is 14.3. The lowest BCUT2D eigenvalue weighted by molar-refractivity contribution is -0.279. The van der Waals surface area contributed by atoms with Crippen LogP contribution in [0.4, 0.5) is 22.0 Å². The minimum absolute atomic E-state index is 0.0666. The van der Waals surface area contributed by atoms with E-state index >= 15 is 0 Å². The lowest BCUT2D eigenvalue weighted by atomic mass is 10.0. The van der Waals surface area contributed by atoms with Gasteiger partial charge in [-0.2, -0.15) is 38.8 Å². The molecule has 9 nitrogen and oxygen atoms in total. The number of nitrogens with one attached hydrogen (secondary N) is 1. The van der Waals surface area contributed by atoms with Crippen LogP contribution in [0.25, 0.3) is 0 Å². The molecule has 43 heavy (non-hydrogen) atoms. The van der Waals surface area contributed by atoms with Crippen molar-refractivity contribution in [3.05, 3.63) is 95.6 Å². The molecule has 0 radical (unpaired) electrons. The van der Waals surface area contributed by atoms with Gasteiger partial charge in [0.2, 0.25) is 0 Å². The number of rotatable bonds is 9. The SMILES string of the molecule is Cc1ccc(S(=O)(=O)O)cc1.Cc1ccc(S(=O)(=O)O)cc1.N[C@@H](Cc1ccccc1)[C@H](O)CNCC(F)(F)C(F)(F)F. The van der Waals surface area contributed by atoms with E-state index in [9.17, 15) is 43.9 Å². The van der Waals surface area contributed by atoms with Gasteiger partial charge in [0.15, 0.2) is 0 Å². The predicted octanol–water partition coefficient (Wildman–Crippen LogP) is 4.19. The molecule has 0 heterocycles. The van der Waals surface area contributed by atoms with Crippen molar-refractivity contribution >= 4 is 20.2 Å². The largest absolute Gasteiger partial charge is 0.454 e. The Labute approximate surface area is 247 Å². The molecule has 0 aliphatic carbocycles. The van der Waals surface area contributed by atoms with E-state index in [0.29, 0.717) is 6.42 Å². The van der Waals surface area contributed by atoms with Crippen LogP contribution in [0.15, 0.2) is 88.7 Å². The Morgan fingerprint density at radius 2 is 1.14 bits per heavy atom. The van der Waals surface area contributed by atoms with Gasteiger partial charge in [0.05, 0.1) is 22.4 Å². The van der Waals surface area contributed by atoms with Crippen LogP contribution >= 0.6 is 0 Å². The van der Waals surface area contributed by atoms with E-state index in [1.807, 2.05) is 19.2 Å². The van der Waals surface area contributed by atoms with Gasteiger partial charge in [-0.1, -0.05) is 65.7 Å². The summed E-state index contributed by atoms with van der Waals surface area (Å²) in [6, 6.07) is 20.1. The Morgan fingerprint density at radius 1 is 0.744 bits per heavy atom. The first kappa shape index (κ1) is 38.0. The van der Waals surface area contributed by atoms with Crippen LogP contribution in [0.1, 0.15) is 16.7 Å². The summed E-state index contributed by atoms with van der Waals surface area (Å²) < 4.78 is 120. The molecular weight excluding hydrogens is 623 g/mol. The first-order valence-corrected chi connectivity index (χ1v) is 15.2. The van der Waals surface area contributed by atoms with Gasteiger partial charge in [-0.3, -0.25) is 9.11 Å². The highest BCUT2D eigenvalue weighted by Gasteiger charge is 2.56. The van der Waals surface area contributed by atoms with Crippen molar-refractivity contribution in [2.45, 2.75) is 54.3 Å². The van der Waals surface area contributed by atoms with Crippen LogP contribution in [0.5, 0.6) is 0 Å². The molecule has 16 heteroatoms. The van der Waals surface area contributed by atoms with Gasteiger partial charge >= 0.3 is 12.1 Å². The number of aryl methyl sites for hydroxylation is 2. The Morgan fingerprint density at radius 3 is 1.49 bits per heavy atom. The second-order valence-corrected chi connectivity index (χ2v) is 12.2. The number of alkyl halides is 5. The monoisotopic (exact) mass is 656 g/mol. The number of aliphatic hydroxyl groups is 1. The van der Waals surface area contributed by atoms with Crippen LogP contribution in [-0.4, -0.2) is 68.4 Å². The zero-order valence-corrected chi connectivity index (χ0v) is 24.7. The quantitative estimate of drug-likeness (QED) is 0.168. The second-order valence-electron chi connectivity index (χ2n) is 9.33. The Balaban J connectivity index is 0.000000353. The molecule has 0 aromatic heterocycles. The smallest absolute Gasteiger partial charge is 0.390 e. The summed E-state index contributed by atoms with van der Waals surface area (Å²) >= 11 is 0. The third-order valence-electron chi connectivity index (χ3n) is 5.56. The van der Waals surface area contributed by atoms with E-state index in [1.165, 1.54) is 24.3 Å². The maximum Gasteiger partial charge on any atom is 0.454 e. The van der Waals surface area contributed by atoms with Crippen LogP contribution in [0.3, 0.4) is 0 Å². The van der Waals surface area contributed by atoms with Gasteiger partial charge in [-0.25, -0.2) is 0 Å². The normalized spacial score (nSPS) is 13.6. The number of hydrogen-bond acceptors (Lipinski definition) is 7. The summed E-state index contributed by atoms with van der Waals surface area (Å²) in [5, 5.41) is 11.6. The molecule has 3 aromatic rings. The maximum absolute atomic E-state index is 12.6. The average Bonchev–Trinajstić information content (AvgIpc) is 2.88. The number of halogens is 5. The van der Waals surface area contributed by atoms with Gasteiger partial charge < -0.3 is 16.2 Å². The summed E-state index contributed by atoms with van der Waals surface area (Å²) in [6.07, 6.45) is -6.55. The highest BCUT2D eigenvalue weighted by atomic mass is 32.2. The lowest BCUT2D eigenvalue weighted by Crippen LogP contribution is -2.49. The van der Waals surface area contributed by atoms with Crippen molar-refractivity contribution in [2.75, 3.05) is 13.1 Å². The molecule has 0 amide bonds. The van der Waals surface area contributed by atoms with Crippen molar-refractivity contribution in [3.63, 3.8) is 0 Å². The van der Waals surface area contributed by atoms with Gasteiger partial charge in [-0.05, 0) is 50.1 Å². The van der Waals surface area contributed by atoms with Crippen LogP contribution in [-0.2, 0) is 26.7 Å². The third kappa shape index (κ3) is 14.4. The summed E-state index contributed by atoms with van der Waals surface area (Å²) in [5.74, 6) is -4.84. The standard InChI is InChI=1S/C13H17F5N2O.2C7H8O3S/c14-12(15,13(16,17)18)8-20-7-11(21)10(19)6-9-4-2-1-3-5-9;2*1-6-2-4-7(5-3-6)11(8,9)10/h1-5,10-11,20-21H,6-8,19H2;2*2-5H,1H3,(H,8,9,10)/t10-,11+;;/m0../s1. The van der Waals surface area contributed by atoms with Gasteiger partial charge in [0, 0.05) is 12.6 Å². The molecule has 3 rings (SSSR count). The minimum Gasteiger partial charge on any atom is -0.390 e. The highest BCUT2D eigenvalue weighted by Crippen LogP contribution is 2.34. The summed E-state index contributed by atoms with van der Waals surface area (Å²) in [4.78, 5) is -0.133. The molecule has 6 N–H and O–H groups in total. The molecule has 0 aliphatic rings. The number of benzene rings is 3. The van der Waals surface area contributed by atoms with E-state index in [2.05, 4.69) is 0 Å². The number of hydrogen-bond donors (Lipinski definition) is 5. The molecule has 0 unspecified atom stereocenters. The lowest BCUT2D eigenvalue weighted by Gasteiger charge is -2.23. The predicted molar refractivity (Wildman–Crippen MR) is 150 cm³/mol. The fraction of sp³-hybridized carbons (Fsp3) is 0.333. The third-order valence-corrected chi connectivity index (χ3v) is 7.30. The molecule has 2 atom stereocenters. The van der Waals surface area contributed by atoms with E-state index in [0.717, 1.165) is 16.7 Å². The maximum atomic E-state index is 12.6.